The minimum atomic E-state index is -1.16. The third-order valence-electron chi connectivity index (χ3n) is 3.01. The molecule has 4 heteroatoms. The first-order valence-electron chi connectivity index (χ1n) is 6.50. The fourth-order valence-electron chi connectivity index (χ4n) is 1.52. The summed E-state index contributed by atoms with van der Waals surface area (Å²) in [5.41, 5.74) is 13.9. The Bertz CT molecular complexity index is 528. The Kier molecular flexibility index (Phi) is 5.25. The van der Waals surface area contributed by atoms with Crippen LogP contribution in [0.25, 0.3) is 5.57 Å². The largest absolute Gasteiger partial charge is 0.460 e. The highest BCUT2D eigenvalue weighted by atomic mass is 16.5. The summed E-state index contributed by atoms with van der Waals surface area (Å²) in [4.78, 5) is 11.2. The van der Waals surface area contributed by atoms with Crippen LogP contribution in [-0.4, -0.2) is 11.6 Å². The quantitative estimate of drug-likeness (QED) is 0.475. The van der Waals surface area contributed by atoms with E-state index in [9.17, 15) is 4.79 Å². The van der Waals surface area contributed by atoms with Gasteiger partial charge in [-0.05, 0) is 43.2 Å². The molecule has 0 saturated carbocycles. The monoisotopic (exact) mass is 274 g/mol. The van der Waals surface area contributed by atoms with Gasteiger partial charge in [-0.25, -0.2) is 0 Å². The van der Waals surface area contributed by atoms with Crippen molar-refractivity contribution in [1.82, 2.24) is 0 Å². The second kappa shape index (κ2) is 6.50. The van der Waals surface area contributed by atoms with Crippen molar-refractivity contribution < 1.29 is 9.53 Å². The maximum absolute atomic E-state index is 11.2. The van der Waals surface area contributed by atoms with Gasteiger partial charge < -0.3 is 4.74 Å². The summed E-state index contributed by atoms with van der Waals surface area (Å²) in [5.74, 6) is -0.586. The minimum absolute atomic E-state index is 0.0386. The molecule has 0 fully saturated rings. The predicted molar refractivity (Wildman–Crippen MR) is 81.9 cm³/mol. The van der Waals surface area contributed by atoms with Crippen LogP contribution < -0.4 is 16.2 Å². The van der Waals surface area contributed by atoms with Crippen molar-refractivity contribution in [3.05, 3.63) is 48.1 Å². The number of nitrogens with two attached hydrogens (primary N) is 2. The number of allylic oxidation sites excluding steroid dienone is 3. The maximum Gasteiger partial charge on any atom is 0.212 e. The van der Waals surface area contributed by atoms with E-state index in [-0.39, 0.29) is 5.78 Å². The summed E-state index contributed by atoms with van der Waals surface area (Å²) in [5, 5.41) is 0. The van der Waals surface area contributed by atoms with Crippen molar-refractivity contribution in [2.24, 2.45) is 11.5 Å². The highest BCUT2D eigenvalue weighted by molar-refractivity contribution is 5.97. The Morgan fingerprint density at radius 3 is 2.30 bits per heavy atom. The average molecular weight is 274 g/mol. The fraction of sp³-hybridized carbons (Fsp3) is 0.312. The highest BCUT2D eigenvalue weighted by Crippen LogP contribution is 2.21. The van der Waals surface area contributed by atoms with E-state index in [1.54, 1.807) is 18.2 Å². The normalized spacial score (nSPS) is 12.2. The number of Topliss-reactive ketones (excluding diaryl/α,β-unsaturated/α-hetero) is 1. The number of carbonyl (C=O) groups excluding carboxylic acids is 1. The lowest BCUT2D eigenvalue weighted by Gasteiger charge is -2.24. The van der Waals surface area contributed by atoms with E-state index in [2.05, 4.69) is 6.58 Å². The molecule has 1 aromatic carbocycles. The maximum atomic E-state index is 11.2. The Morgan fingerprint density at radius 2 is 1.85 bits per heavy atom. The van der Waals surface area contributed by atoms with Gasteiger partial charge in [0.1, 0.15) is 5.75 Å². The van der Waals surface area contributed by atoms with Crippen molar-refractivity contribution in [3.8, 4) is 5.75 Å². The molecule has 1 aromatic rings. The summed E-state index contributed by atoms with van der Waals surface area (Å²) in [6.45, 7) is 8.99. The second-order valence-electron chi connectivity index (χ2n) is 4.84. The van der Waals surface area contributed by atoms with Gasteiger partial charge in [0, 0.05) is 12.0 Å². The molecule has 0 amide bonds. The van der Waals surface area contributed by atoms with Crippen LogP contribution in [0.1, 0.15) is 32.8 Å². The van der Waals surface area contributed by atoms with Crippen molar-refractivity contribution in [3.63, 3.8) is 0 Å². The molecule has 0 heterocycles. The zero-order chi connectivity index (χ0) is 15.3. The van der Waals surface area contributed by atoms with E-state index in [0.717, 1.165) is 11.1 Å². The lowest BCUT2D eigenvalue weighted by molar-refractivity contribution is -0.113. The van der Waals surface area contributed by atoms with Crippen LogP contribution in [0.15, 0.2) is 42.5 Å². The van der Waals surface area contributed by atoms with Crippen LogP contribution in [0.3, 0.4) is 0 Å². The molecule has 0 radical (unpaired) electrons. The van der Waals surface area contributed by atoms with Gasteiger partial charge in [-0.2, -0.15) is 0 Å². The third-order valence-corrected chi connectivity index (χ3v) is 3.01. The lowest BCUT2D eigenvalue weighted by Crippen LogP contribution is -2.54. The van der Waals surface area contributed by atoms with Gasteiger partial charge >= 0.3 is 0 Å². The Morgan fingerprint density at radius 1 is 1.30 bits per heavy atom. The molecule has 1 rings (SSSR count). The van der Waals surface area contributed by atoms with Crippen molar-refractivity contribution in [2.45, 2.75) is 33.0 Å². The van der Waals surface area contributed by atoms with Gasteiger partial charge in [0.25, 0.3) is 0 Å². The molecule has 108 valence electrons. The molecular weight excluding hydrogens is 252 g/mol. The smallest absolute Gasteiger partial charge is 0.212 e. The number of rotatable bonds is 6. The Labute approximate surface area is 120 Å². The standard InChI is InChI=1S/C16H22N2O2/c1-5-16(17,18)20-15-8-6-14(7-9-15)12(3)10-11(2)13(4)19/h6-10H,2,5,17-18H2,1,3-4H3/b12-10+. The van der Waals surface area contributed by atoms with Gasteiger partial charge in [-0.3, -0.25) is 16.3 Å². The first-order chi connectivity index (χ1) is 9.25. The SMILES string of the molecule is C=C(/C=C(\C)c1ccc(OC(N)(N)CC)cc1)C(C)=O. The number of ketones is 1. The van der Waals surface area contributed by atoms with E-state index in [1.165, 1.54) is 6.92 Å². The van der Waals surface area contributed by atoms with E-state index >= 15 is 0 Å². The number of hydrogen-bond donors (Lipinski definition) is 2. The van der Waals surface area contributed by atoms with Gasteiger partial charge in [-0.1, -0.05) is 25.6 Å². The highest BCUT2D eigenvalue weighted by Gasteiger charge is 2.17. The molecule has 0 aliphatic rings. The number of ether oxygens (including phenoxy) is 1. The van der Waals surface area contributed by atoms with Crippen molar-refractivity contribution >= 4 is 11.4 Å². The average Bonchev–Trinajstić information content (AvgIpc) is 2.38. The van der Waals surface area contributed by atoms with Gasteiger partial charge in [0.05, 0.1) is 0 Å². The zero-order valence-electron chi connectivity index (χ0n) is 12.3. The van der Waals surface area contributed by atoms with E-state index in [0.29, 0.717) is 17.7 Å². The topological polar surface area (TPSA) is 78.3 Å². The molecule has 20 heavy (non-hydrogen) atoms. The van der Waals surface area contributed by atoms with Crippen molar-refractivity contribution in [1.29, 1.82) is 0 Å². The van der Waals surface area contributed by atoms with Crippen LogP contribution in [-0.2, 0) is 4.79 Å². The molecule has 0 aliphatic heterocycles. The molecule has 0 bridgehead atoms. The number of benzene rings is 1. The van der Waals surface area contributed by atoms with E-state index < -0.39 is 5.85 Å². The minimum Gasteiger partial charge on any atom is -0.460 e. The molecular formula is C16H22N2O2. The van der Waals surface area contributed by atoms with Gasteiger partial charge in [-0.15, -0.1) is 0 Å². The molecule has 0 spiro atoms. The van der Waals surface area contributed by atoms with Gasteiger partial charge in [0.2, 0.25) is 5.85 Å². The fourth-order valence-corrected chi connectivity index (χ4v) is 1.52. The van der Waals surface area contributed by atoms with Gasteiger partial charge in [0.15, 0.2) is 5.78 Å². The second-order valence-corrected chi connectivity index (χ2v) is 4.84. The summed E-state index contributed by atoms with van der Waals surface area (Å²) < 4.78 is 5.47. The first-order valence-corrected chi connectivity index (χ1v) is 6.50. The molecule has 0 unspecified atom stereocenters. The van der Waals surface area contributed by atoms with Crippen LogP contribution >= 0.6 is 0 Å². The van der Waals surface area contributed by atoms with E-state index in [4.69, 9.17) is 16.2 Å². The van der Waals surface area contributed by atoms with Crippen LogP contribution in [0.4, 0.5) is 0 Å². The van der Waals surface area contributed by atoms with Crippen LogP contribution in [0.2, 0.25) is 0 Å². The number of carbonyl (C=O) groups is 1. The van der Waals surface area contributed by atoms with Crippen molar-refractivity contribution in [2.75, 3.05) is 0 Å². The molecule has 0 aliphatic carbocycles. The Balaban J connectivity index is 2.86. The summed E-state index contributed by atoms with van der Waals surface area (Å²) in [6.07, 6.45) is 2.27. The van der Waals surface area contributed by atoms with Crippen LogP contribution in [0, 0.1) is 0 Å². The number of hydrogen-bond acceptors (Lipinski definition) is 4. The Hall–Kier alpha value is -1.91. The molecule has 0 saturated heterocycles. The molecule has 4 N–H and O–H groups in total. The summed E-state index contributed by atoms with van der Waals surface area (Å²) in [6, 6.07) is 7.38. The predicted octanol–water partition coefficient (Wildman–Crippen LogP) is 2.60. The van der Waals surface area contributed by atoms with E-state index in [1.807, 2.05) is 26.0 Å². The summed E-state index contributed by atoms with van der Waals surface area (Å²) >= 11 is 0. The molecule has 0 atom stereocenters. The first kappa shape index (κ1) is 16.1. The van der Waals surface area contributed by atoms with Crippen LogP contribution in [0.5, 0.6) is 5.75 Å². The zero-order valence-corrected chi connectivity index (χ0v) is 12.3. The third kappa shape index (κ3) is 4.64. The lowest BCUT2D eigenvalue weighted by atomic mass is 10.0. The summed E-state index contributed by atoms with van der Waals surface area (Å²) in [7, 11) is 0. The molecule has 0 aromatic heterocycles. The molecule has 4 nitrogen and oxygen atoms in total.